The molecule has 2 heterocycles. The quantitative estimate of drug-likeness (QED) is 0.667. The summed E-state index contributed by atoms with van der Waals surface area (Å²) in [5.74, 6) is 1.15. The molecule has 1 saturated heterocycles. The van der Waals surface area contributed by atoms with E-state index in [1.165, 1.54) is 5.56 Å². The van der Waals surface area contributed by atoms with Crippen LogP contribution in [-0.4, -0.2) is 40.4 Å². The van der Waals surface area contributed by atoms with Crippen LogP contribution in [0.25, 0.3) is 11.4 Å². The zero-order valence-electron chi connectivity index (χ0n) is 18.2. The van der Waals surface area contributed by atoms with Crippen molar-refractivity contribution in [3.05, 3.63) is 75.6 Å². The number of aromatic nitrogens is 2. The van der Waals surface area contributed by atoms with Crippen LogP contribution in [0.2, 0.25) is 0 Å². The lowest BCUT2D eigenvalue weighted by Crippen LogP contribution is -2.48. The molecule has 0 aliphatic carbocycles. The summed E-state index contributed by atoms with van der Waals surface area (Å²) in [7, 11) is 0. The molecule has 6 heteroatoms. The van der Waals surface area contributed by atoms with Crippen molar-refractivity contribution in [2.75, 3.05) is 19.6 Å². The Morgan fingerprint density at radius 1 is 1.19 bits per heavy atom. The van der Waals surface area contributed by atoms with Crippen LogP contribution >= 0.6 is 0 Å². The Hall–Kier alpha value is -3.43. The molecule has 3 N–H and O–H groups in total. The van der Waals surface area contributed by atoms with Crippen molar-refractivity contribution in [3.8, 4) is 17.5 Å². The molecule has 0 bridgehead atoms. The third-order valence-electron chi connectivity index (χ3n) is 6.12. The molecule has 0 atom stereocenters. The summed E-state index contributed by atoms with van der Waals surface area (Å²) in [6, 6.07) is 13.8. The second-order valence-electron chi connectivity index (χ2n) is 8.31. The SMILES string of the molecule is Cc1cc(C)c(-c2nc(C)c(CCN)[nH]2)cc1C(=O)N1CC(c2ccc(C#N)cc2)C1. The summed E-state index contributed by atoms with van der Waals surface area (Å²) in [5, 5.41) is 8.96. The number of amides is 1. The summed E-state index contributed by atoms with van der Waals surface area (Å²) in [4.78, 5) is 23.2. The number of nitrogens with two attached hydrogens (primary N) is 1. The second-order valence-corrected chi connectivity index (χ2v) is 8.31. The topological polar surface area (TPSA) is 98.8 Å². The molecule has 1 amide bonds. The molecule has 158 valence electrons. The minimum Gasteiger partial charge on any atom is -0.342 e. The third-order valence-corrected chi connectivity index (χ3v) is 6.12. The Bertz CT molecular complexity index is 1160. The van der Waals surface area contributed by atoms with E-state index in [0.717, 1.165) is 40.3 Å². The molecular weight excluding hydrogens is 386 g/mol. The molecule has 1 fully saturated rings. The first kappa shape index (κ1) is 20.8. The largest absolute Gasteiger partial charge is 0.342 e. The summed E-state index contributed by atoms with van der Waals surface area (Å²) in [6.07, 6.45) is 0.750. The number of hydrogen-bond donors (Lipinski definition) is 2. The molecule has 31 heavy (non-hydrogen) atoms. The fourth-order valence-corrected chi connectivity index (χ4v) is 4.20. The van der Waals surface area contributed by atoms with Gasteiger partial charge in [0.2, 0.25) is 0 Å². The van der Waals surface area contributed by atoms with E-state index in [2.05, 4.69) is 22.1 Å². The second kappa shape index (κ2) is 8.37. The molecule has 1 aliphatic rings. The van der Waals surface area contributed by atoms with Crippen LogP contribution in [0, 0.1) is 32.1 Å². The van der Waals surface area contributed by atoms with Crippen LogP contribution in [0.1, 0.15) is 49.9 Å². The normalized spacial score (nSPS) is 13.7. The third kappa shape index (κ3) is 3.97. The first-order chi connectivity index (χ1) is 14.9. The Labute approximate surface area is 182 Å². The highest BCUT2D eigenvalue weighted by Crippen LogP contribution is 2.31. The van der Waals surface area contributed by atoms with Crippen LogP contribution in [-0.2, 0) is 6.42 Å². The van der Waals surface area contributed by atoms with E-state index in [0.29, 0.717) is 36.7 Å². The van der Waals surface area contributed by atoms with Crippen molar-refractivity contribution < 1.29 is 4.79 Å². The van der Waals surface area contributed by atoms with Gasteiger partial charge < -0.3 is 15.6 Å². The number of aryl methyl sites for hydroxylation is 3. The maximum Gasteiger partial charge on any atom is 0.254 e. The maximum absolute atomic E-state index is 13.2. The molecule has 6 nitrogen and oxygen atoms in total. The number of carbonyl (C=O) groups excluding carboxylic acids is 1. The number of nitrogens with zero attached hydrogens (tertiary/aromatic N) is 3. The van der Waals surface area contributed by atoms with Crippen molar-refractivity contribution in [2.24, 2.45) is 5.73 Å². The van der Waals surface area contributed by atoms with Crippen LogP contribution < -0.4 is 5.73 Å². The Balaban J connectivity index is 1.54. The average molecular weight is 414 g/mol. The van der Waals surface area contributed by atoms with Crippen molar-refractivity contribution in [1.82, 2.24) is 14.9 Å². The molecular formula is C25H27N5O. The average Bonchev–Trinajstić information content (AvgIpc) is 3.07. The van der Waals surface area contributed by atoms with Gasteiger partial charge in [-0.15, -0.1) is 0 Å². The monoisotopic (exact) mass is 413 g/mol. The number of imidazole rings is 1. The minimum absolute atomic E-state index is 0.0501. The lowest BCUT2D eigenvalue weighted by Gasteiger charge is -2.40. The first-order valence-electron chi connectivity index (χ1n) is 10.6. The number of rotatable bonds is 5. The molecule has 0 radical (unpaired) electrons. The fraction of sp³-hybridized carbons (Fsp3) is 0.320. The van der Waals surface area contributed by atoms with Crippen LogP contribution in [0.5, 0.6) is 0 Å². The molecule has 1 aromatic heterocycles. The van der Waals surface area contributed by atoms with Gasteiger partial charge in [-0.2, -0.15) is 5.26 Å². The summed E-state index contributed by atoms with van der Waals surface area (Å²) >= 11 is 0. The molecule has 0 unspecified atom stereocenters. The van der Waals surface area contributed by atoms with Gasteiger partial charge >= 0.3 is 0 Å². The number of nitriles is 1. The summed E-state index contributed by atoms with van der Waals surface area (Å²) in [6.45, 7) is 7.94. The fourth-order valence-electron chi connectivity index (χ4n) is 4.20. The maximum atomic E-state index is 13.2. The van der Waals surface area contributed by atoms with E-state index in [1.807, 2.05) is 56.0 Å². The Morgan fingerprint density at radius 2 is 1.90 bits per heavy atom. The highest BCUT2D eigenvalue weighted by atomic mass is 16.2. The van der Waals surface area contributed by atoms with Gasteiger partial charge in [0.1, 0.15) is 5.82 Å². The van der Waals surface area contributed by atoms with Crippen molar-refractivity contribution >= 4 is 5.91 Å². The smallest absolute Gasteiger partial charge is 0.254 e. The molecule has 2 aromatic carbocycles. The van der Waals surface area contributed by atoms with Crippen LogP contribution in [0.4, 0.5) is 0 Å². The number of aromatic amines is 1. The van der Waals surface area contributed by atoms with E-state index in [1.54, 1.807) is 0 Å². The highest BCUT2D eigenvalue weighted by Gasteiger charge is 2.33. The van der Waals surface area contributed by atoms with Gasteiger partial charge in [0.25, 0.3) is 5.91 Å². The van der Waals surface area contributed by atoms with E-state index < -0.39 is 0 Å². The van der Waals surface area contributed by atoms with Gasteiger partial charge in [-0.25, -0.2) is 4.98 Å². The van der Waals surface area contributed by atoms with Gasteiger partial charge in [0.15, 0.2) is 0 Å². The molecule has 0 saturated carbocycles. The van der Waals surface area contributed by atoms with Gasteiger partial charge in [0.05, 0.1) is 17.3 Å². The zero-order valence-corrected chi connectivity index (χ0v) is 18.2. The number of H-pyrrole nitrogens is 1. The first-order valence-corrected chi connectivity index (χ1v) is 10.6. The van der Waals surface area contributed by atoms with E-state index in [9.17, 15) is 4.79 Å². The summed E-state index contributed by atoms with van der Waals surface area (Å²) < 4.78 is 0. The number of benzene rings is 2. The van der Waals surface area contributed by atoms with Crippen molar-refractivity contribution in [3.63, 3.8) is 0 Å². The lowest BCUT2D eigenvalue weighted by molar-refractivity contribution is 0.0601. The molecule has 1 aliphatic heterocycles. The van der Waals surface area contributed by atoms with Crippen LogP contribution in [0.15, 0.2) is 36.4 Å². The minimum atomic E-state index is 0.0501. The Kier molecular flexibility index (Phi) is 5.62. The number of likely N-dealkylation sites (tertiary alicyclic amines) is 1. The Morgan fingerprint density at radius 3 is 2.55 bits per heavy atom. The lowest BCUT2D eigenvalue weighted by atomic mass is 9.89. The number of hydrogen-bond acceptors (Lipinski definition) is 4. The van der Waals surface area contributed by atoms with Crippen LogP contribution in [0.3, 0.4) is 0 Å². The predicted molar refractivity (Wildman–Crippen MR) is 121 cm³/mol. The van der Waals surface area contributed by atoms with E-state index in [-0.39, 0.29) is 5.91 Å². The molecule has 3 aromatic rings. The predicted octanol–water partition coefficient (Wildman–Crippen LogP) is 3.61. The van der Waals surface area contributed by atoms with Gasteiger partial charge in [0, 0.05) is 42.2 Å². The van der Waals surface area contributed by atoms with E-state index >= 15 is 0 Å². The number of nitrogens with one attached hydrogen (secondary N) is 1. The molecule has 4 rings (SSSR count). The van der Waals surface area contributed by atoms with Crippen molar-refractivity contribution in [1.29, 1.82) is 5.26 Å². The zero-order chi connectivity index (χ0) is 22.1. The van der Waals surface area contributed by atoms with Gasteiger partial charge in [-0.05, 0) is 62.2 Å². The van der Waals surface area contributed by atoms with Gasteiger partial charge in [-0.3, -0.25) is 4.79 Å². The standard InChI is InChI=1S/C25H27N5O/c1-15-10-16(2)22(11-21(15)24-28-17(3)23(29-24)8-9-26)25(31)30-13-20(14-30)19-6-4-18(12-27)5-7-19/h4-7,10-11,20H,8-9,13-14,26H2,1-3H3,(H,28,29). The van der Waals surface area contributed by atoms with Crippen molar-refractivity contribution in [2.45, 2.75) is 33.1 Å². The molecule has 0 spiro atoms. The summed E-state index contributed by atoms with van der Waals surface area (Å²) in [5.41, 5.74) is 13.2. The number of carbonyl (C=O) groups is 1. The van der Waals surface area contributed by atoms with Gasteiger partial charge in [-0.1, -0.05) is 18.2 Å². The highest BCUT2D eigenvalue weighted by molar-refractivity contribution is 5.97. The van der Waals surface area contributed by atoms with E-state index in [4.69, 9.17) is 11.0 Å².